The van der Waals surface area contributed by atoms with Crippen LogP contribution in [0.4, 0.5) is 4.39 Å². The Morgan fingerprint density at radius 1 is 1.40 bits per heavy atom. The maximum absolute atomic E-state index is 14.1. The van der Waals surface area contributed by atoms with Gasteiger partial charge in [0.1, 0.15) is 11.5 Å². The maximum Gasteiger partial charge on any atom is 0.179 e. The lowest BCUT2D eigenvalue weighted by molar-refractivity contribution is 0.368. The van der Waals surface area contributed by atoms with E-state index in [2.05, 4.69) is 41.0 Å². The fourth-order valence-electron chi connectivity index (χ4n) is 3.21. The van der Waals surface area contributed by atoms with E-state index in [1.807, 2.05) is 4.68 Å². The molecule has 4 rings (SSSR count). The average molecular weight is 271 g/mol. The highest BCUT2D eigenvalue weighted by molar-refractivity contribution is 5.68. The second-order valence-electron chi connectivity index (χ2n) is 6.06. The molecule has 0 saturated heterocycles. The molecule has 1 aliphatic heterocycles. The molecule has 0 bridgehead atoms. The molecule has 3 nitrogen and oxygen atoms in total. The smallest absolute Gasteiger partial charge is 0.179 e. The Bertz CT molecular complexity index is 622. The number of nitrogens with zero attached hydrogens (tertiary/aromatic N) is 3. The first kappa shape index (κ1) is 12.1. The Labute approximate surface area is 117 Å². The van der Waals surface area contributed by atoms with Gasteiger partial charge in [-0.05, 0) is 25.7 Å². The molecule has 2 atom stereocenters. The van der Waals surface area contributed by atoms with Crippen molar-refractivity contribution in [3.63, 3.8) is 0 Å². The summed E-state index contributed by atoms with van der Waals surface area (Å²) >= 11 is 0. The first-order chi connectivity index (χ1) is 9.67. The third kappa shape index (κ3) is 1.78. The fraction of sp³-hybridized carbons (Fsp3) is 0.500. The number of hydrogen-bond donors (Lipinski definition) is 0. The minimum absolute atomic E-state index is 0.356. The van der Waals surface area contributed by atoms with E-state index >= 15 is 0 Å². The van der Waals surface area contributed by atoms with Crippen LogP contribution in [0.25, 0.3) is 5.57 Å². The highest BCUT2D eigenvalue weighted by Crippen LogP contribution is 2.49. The summed E-state index contributed by atoms with van der Waals surface area (Å²) in [6, 6.07) is 0.356. The lowest BCUT2D eigenvalue weighted by atomic mass is 9.91. The summed E-state index contributed by atoms with van der Waals surface area (Å²) in [5, 5.41) is 4.56. The van der Waals surface area contributed by atoms with Gasteiger partial charge in [0.25, 0.3) is 0 Å². The summed E-state index contributed by atoms with van der Waals surface area (Å²) in [6.07, 6.45) is 12.8. The third-order valence-corrected chi connectivity index (χ3v) is 4.69. The van der Waals surface area contributed by atoms with Crippen molar-refractivity contribution in [1.82, 2.24) is 14.8 Å². The average Bonchev–Trinajstić information content (AvgIpc) is 2.93. The number of rotatable bonds is 3. The highest BCUT2D eigenvalue weighted by atomic mass is 19.1. The number of hydrogen-bond acceptors (Lipinski definition) is 2. The van der Waals surface area contributed by atoms with E-state index in [9.17, 15) is 4.39 Å². The largest absolute Gasteiger partial charge is 0.246 e. The predicted octanol–water partition coefficient (Wildman–Crippen LogP) is 3.41. The molecule has 0 radical (unpaired) electrons. The molecule has 0 spiro atoms. The van der Waals surface area contributed by atoms with E-state index in [4.69, 9.17) is 0 Å². The predicted molar refractivity (Wildman–Crippen MR) is 75.9 cm³/mol. The summed E-state index contributed by atoms with van der Waals surface area (Å²) < 4.78 is 16.1. The number of alkyl halides is 1. The van der Waals surface area contributed by atoms with Gasteiger partial charge in [0.05, 0.1) is 6.04 Å². The van der Waals surface area contributed by atoms with Crippen LogP contribution >= 0.6 is 0 Å². The number of halogens is 1. The van der Waals surface area contributed by atoms with Crippen molar-refractivity contribution in [2.45, 2.75) is 43.8 Å². The van der Waals surface area contributed by atoms with Gasteiger partial charge >= 0.3 is 0 Å². The lowest BCUT2D eigenvalue weighted by Crippen LogP contribution is -2.16. The standard InChI is InChI=1S/C16H18FN3/c1-11(16(17)9-10-16)15-18-14-8-7-13(20(14)19-15)12-5-3-2-4-6-12/h2-5,12-13H,1,6-10H2. The zero-order valence-corrected chi connectivity index (χ0v) is 11.4. The van der Waals surface area contributed by atoms with Gasteiger partial charge in [-0.15, -0.1) is 0 Å². The van der Waals surface area contributed by atoms with Gasteiger partial charge in [-0.25, -0.2) is 14.1 Å². The van der Waals surface area contributed by atoms with Gasteiger partial charge in [-0.2, -0.15) is 5.10 Å². The molecule has 1 aromatic heterocycles. The number of fused-ring (bicyclic) bond motifs is 1. The van der Waals surface area contributed by atoms with Gasteiger partial charge in [0, 0.05) is 17.9 Å². The zero-order chi connectivity index (χ0) is 13.7. The molecule has 104 valence electrons. The van der Waals surface area contributed by atoms with E-state index in [1.165, 1.54) is 0 Å². The van der Waals surface area contributed by atoms with Crippen LogP contribution in [-0.4, -0.2) is 20.4 Å². The normalized spacial score (nSPS) is 29.4. The Morgan fingerprint density at radius 2 is 2.25 bits per heavy atom. The number of aryl methyl sites for hydroxylation is 1. The minimum atomic E-state index is -1.23. The third-order valence-electron chi connectivity index (χ3n) is 4.69. The van der Waals surface area contributed by atoms with Gasteiger partial charge < -0.3 is 0 Å². The number of allylic oxidation sites excluding steroid dienone is 5. The lowest BCUT2D eigenvalue weighted by Gasteiger charge is -2.21. The van der Waals surface area contributed by atoms with Gasteiger partial charge in [0.15, 0.2) is 5.82 Å². The molecule has 3 aliphatic rings. The summed E-state index contributed by atoms with van der Waals surface area (Å²) in [5.74, 6) is 1.97. The van der Waals surface area contributed by atoms with E-state index < -0.39 is 5.67 Å². The zero-order valence-electron chi connectivity index (χ0n) is 11.4. The molecule has 1 saturated carbocycles. The molecule has 0 N–H and O–H groups in total. The highest BCUT2D eigenvalue weighted by Gasteiger charge is 2.48. The molecule has 2 unspecified atom stereocenters. The molecule has 1 aromatic rings. The molecule has 1 fully saturated rings. The van der Waals surface area contributed by atoms with Crippen LogP contribution in [0.3, 0.4) is 0 Å². The Morgan fingerprint density at radius 3 is 2.95 bits per heavy atom. The van der Waals surface area contributed by atoms with Crippen molar-refractivity contribution in [2.75, 3.05) is 0 Å². The molecule has 2 heterocycles. The molecule has 4 heteroatoms. The Kier molecular flexibility index (Phi) is 2.50. The molecule has 0 amide bonds. The number of aromatic nitrogens is 3. The second-order valence-corrected chi connectivity index (χ2v) is 6.06. The van der Waals surface area contributed by atoms with Crippen LogP contribution in [0.15, 0.2) is 30.9 Å². The quantitative estimate of drug-likeness (QED) is 0.843. The summed E-state index contributed by atoms with van der Waals surface area (Å²) in [4.78, 5) is 4.51. The van der Waals surface area contributed by atoms with Crippen LogP contribution in [0.5, 0.6) is 0 Å². The molecule has 0 aromatic carbocycles. The van der Waals surface area contributed by atoms with Crippen molar-refractivity contribution in [1.29, 1.82) is 0 Å². The molecular weight excluding hydrogens is 253 g/mol. The van der Waals surface area contributed by atoms with E-state index in [1.54, 1.807) is 0 Å². The van der Waals surface area contributed by atoms with Gasteiger partial charge in [-0.3, -0.25) is 0 Å². The SMILES string of the molecule is C=C(c1nc2n(n1)C(C1C=CC=CC1)CC2)C1(F)CC1. The molecular formula is C16H18FN3. The van der Waals surface area contributed by atoms with Crippen molar-refractivity contribution in [3.8, 4) is 0 Å². The fourth-order valence-corrected chi connectivity index (χ4v) is 3.21. The first-order valence-corrected chi connectivity index (χ1v) is 7.35. The van der Waals surface area contributed by atoms with Crippen LogP contribution < -0.4 is 0 Å². The van der Waals surface area contributed by atoms with Crippen LogP contribution in [0.2, 0.25) is 0 Å². The topological polar surface area (TPSA) is 30.7 Å². The second kappa shape index (κ2) is 4.14. The van der Waals surface area contributed by atoms with E-state index in [0.29, 0.717) is 36.2 Å². The van der Waals surface area contributed by atoms with Crippen molar-refractivity contribution in [3.05, 3.63) is 42.5 Å². The molecule has 20 heavy (non-hydrogen) atoms. The van der Waals surface area contributed by atoms with Gasteiger partial charge in [-0.1, -0.05) is 30.9 Å². The summed E-state index contributed by atoms with van der Waals surface area (Å²) in [7, 11) is 0. The first-order valence-electron chi connectivity index (χ1n) is 7.35. The van der Waals surface area contributed by atoms with E-state index in [0.717, 1.165) is 25.1 Å². The van der Waals surface area contributed by atoms with Crippen LogP contribution in [0.1, 0.15) is 43.4 Å². The maximum atomic E-state index is 14.1. The van der Waals surface area contributed by atoms with Crippen molar-refractivity contribution in [2.24, 2.45) is 5.92 Å². The van der Waals surface area contributed by atoms with Crippen molar-refractivity contribution < 1.29 is 4.39 Å². The van der Waals surface area contributed by atoms with Gasteiger partial charge in [0.2, 0.25) is 0 Å². The van der Waals surface area contributed by atoms with Crippen LogP contribution in [0, 0.1) is 5.92 Å². The minimum Gasteiger partial charge on any atom is -0.246 e. The summed E-state index contributed by atoms with van der Waals surface area (Å²) in [6.45, 7) is 3.87. The monoisotopic (exact) mass is 271 g/mol. The Hall–Kier alpha value is -1.71. The van der Waals surface area contributed by atoms with Crippen molar-refractivity contribution >= 4 is 5.57 Å². The molecule has 2 aliphatic carbocycles. The van der Waals surface area contributed by atoms with Crippen LogP contribution in [-0.2, 0) is 6.42 Å². The van der Waals surface area contributed by atoms with E-state index in [-0.39, 0.29) is 0 Å². The summed E-state index contributed by atoms with van der Waals surface area (Å²) in [5.41, 5.74) is -0.761. The Balaban J connectivity index is 1.61.